The molecule has 2 aliphatic rings. The van der Waals surface area contributed by atoms with Crippen LogP contribution in [-0.2, 0) is 0 Å². The maximum absolute atomic E-state index is 4.96. The van der Waals surface area contributed by atoms with Gasteiger partial charge in [0.2, 0.25) is 5.96 Å². The first kappa shape index (κ1) is 20.3. The second kappa shape index (κ2) is 8.40. The molecule has 0 bridgehead atoms. The van der Waals surface area contributed by atoms with Crippen molar-refractivity contribution in [1.82, 2.24) is 15.5 Å². The summed E-state index contributed by atoms with van der Waals surface area (Å²) in [4.78, 5) is 9.74. The first-order valence-electron chi connectivity index (χ1n) is 10.6. The van der Waals surface area contributed by atoms with Crippen molar-refractivity contribution in [1.29, 1.82) is 0 Å². The van der Waals surface area contributed by atoms with Crippen LogP contribution in [-0.4, -0.2) is 49.7 Å². The van der Waals surface area contributed by atoms with Crippen molar-refractivity contribution in [2.24, 2.45) is 4.99 Å². The molecular weight excluding hydrogens is 372 g/mol. The van der Waals surface area contributed by atoms with Crippen molar-refractivity contribution in [3.05, 3.63) is 71.6 Å². The molecule has 158 valence electrons. The van der Waals surface area contributed by atoms with E-state index >= 15 is 0 Å². The predicted molar refractivity (Wildman–Crippen MR) is 126 cm³/mol. The topological polar surface area (TPSA) is 54.9 Å². The lowest BCUT2D eigenvalue weighted by atomic mass is 10.1. The second-order valence-electron chi connectivity index (χ2n) is 8.32. The van der Waals surface area contributed by atoms with E-state index in [4.69, 9.17) is 4.99 Å². The van der Waals surface area contributed by atoms with Crippen LogP contribution in [0, 0.1) is 13.8 Å². The molecule has 0 saturated carbocycles. The molecule has 6 nitrogen and oxygen atoms in total. The Bertz CT molecular complexity index is 923. The number of nitrogens with zero attached hydrogens (tertiary/aromatic N) is 3. The maximum Gasteiger partial charge on any atom is 0.201 e. The fraction of sp³-hybridized carbons (Fsp3) is 0.375. The summed E-state index contributed by atoms with van der Waals surface area (Å²) in [5, 5.41) is 10.3. The van der Waals surface area contributed by atoms with Crippen LogP contribution >= 0.6 is 0 Å². The normalized spacial score (nSPS) is 21.6. The Kier molecular flexibility index (Phi) is 5.68. The number of piperazine rings is 1. The molecule has 1 unspecified atom stereocenters. The minimum atomic E-state index is -0.457. The first-order valence-corrected chi connectivity index (χ1v) is 10.6. The molecule has 0 aliphatic carbocycles. The van der Waals surface area contributed by atoms with Gasteiger partial charge in [-0.25, -0.2) is 4.99 Å². The summed E-state index contributed by atoms with van der Waals surface area (Å²) in [5.74, 6) is 1.86. The van der Waals surface area contributed by atoms with Crippen molar-refractivity contribution in [3.8, 4) is 0 Å². The molecule has 0 aromatic heterocycles. The molecule has 3 N–H and O–H groups in total. The Morgan fingerprint density at radius 3 is 2.03 bits per heavy atom. The van der Waals surface area contributed by atoms with Gasteiger partial charge in [0.15, 0.2) is 0 Å². The number of aryl methyl sites for hydroxylation is 2. The molecule has 0 radical (unpaired) electrons. The summed E-state index contributed by atoms with van der Waals surface area (Å²) in [6, 6.07) is 17.2. The molecule has 6 heteroatoms. The highest BCUT2D eigenvalue weighted by atomic mass is 15.4. The highest BCUT2D eigenvalue weighted by Gasteiger charge is 2.29. The number of rotatable bonds is 4. The first-order chi connectivity index (χ1) is 14.4. The zero-order valence-corrected chi connectivity index (χ0v) is 18.4. The lowest BCUT2D eigenvalue weighted by molar-refractivity contribution is 0.362. The van der Waals surface area contributed by atoms with Gasteiger partial charge in [-0.15, -0.1) is 0 Å². The molecule has 1 fully saturated rings. The van der Waals surface area contributed by atoms with Gasteiger partial charge in [0.25, 0.3) is 0 Å². The minimum absolute atomic E-state index is 0.457. The van der Waals surface area contributed by atoms with E-state index in [-0.39, 0.29) is 0 Å². The van der Waals surface area contributed by atoms with E-state index in [9.17, 15) is 0 Å². The summed E-state index contributed by atoms with van der Waals surface area (Å²) in [7, 11) is 1.95. The van der Waals surface area contributed by atoms with Crippen LogP contribution in [0.15, 0.2) is 65.4 Å². The second-order valence-corrected chi connectivity index (χ2v) is 8.32. The lowest BCUT2D eigenvalue weighted by Crippen LogP contribution is -2.56. The van der Waals surface area contributed by atoms with Gasteiger partial charge in [0, 0.05) is 37.6 Å². The van der Waals surface area contributed by atoms with Gasteiger partial charge in [-0.1, -0.05) is 35.4 Å². The quantitative estimate of drug-likeness (QED) is 0.730. The minimum Gasteiger partial charge on any atom is -0.368 e. The number of anilines is 2. The summed E-state index contributed by atoms with van der Waals surface area (Å²) < 4.78 is 0. The zero-order chi connectivity index (χ0) is 21.1. The van der Waals surface area contributed by atoms with E-state index in [1.54, 1.807) is 0 Å². The van der Waals surface area contributed by atoms with Crippen molar-refractivity contribution < 1.29 is 0 Å². The van der Waals surface area contributed by atoms with E-state index < -0.39 is 5.66 Å². The molecule has 30 heavy (non-hydrogen) atoms. The van der Waals surface area contributed by atoms with E-state index in [0.29, 0.717) is 0 Å². The molecule has 1 saturated heterocycles. The Balaban J connectivity index is 1.44. The zero-order valence-electron chi connectivity index (χ0n) is 18.4. The summed E-state index contributed by atoms with van der Waals surface area (Å²) in [6.07, 6.45) is 2.10. The van der Waals surface area contributed by atoms with Crippen molar-refractivity contribution in [2.45, 2.75) is 26.4 Å². The largest absolute Gasteiger partial charge is 0.368 e. The standard InChI is InChI=1S/C24H32N6/c1-18-5-9-20(10-6-18)26-22-17-24(3,25-4)28-23(27-22)30-15-13-29(14-16-30)21-11-7-19(2)8-12-21/h5-12,17,25-26H,13-16H2,1-4H3,(H,27,28). The molecule has 0 amide bonds. The molecule has 0 spiro atoms. The number of nitrogens with one attached hydrogen (secondary N) is 3. The van der Waals surface area contributed by atoms with Crippen LogP contribution < -0.4 is 20.9 Å². The number of aliphatic imine (C=N–C) groups is 1. The third-order valence-electron chi connectivity index (χ3n) is 5.83. The summed E-state index contributed by atoms with van der Waals surface area (Å²) in [5.41, 5.74) is 4.44. The molecule has 2 heterocycles. The third-order valence-corrected chi connectivity index (χ3v) is 5.83. The third kappa shape index (κ3) is 4.60. The van der Waals surface area contributed by atoms with E-state index in [0.717, 1.165) is 43.6 Å². The molecular formula is C24H32N6. The fourth-order valence-electron chi connectivity index (χ4n) is 3.79. The van der Waals surface area contributed by atoms with Crippen LogP contribution in [0.25, 0.3) is 0 Å². The van der Waals surface area contributed by atoms with Crippen LogP contribution in [0.4, 0.5) is 11.4 Å². The van der Waals surface area contributed by atoms with Gasteiger partial charge in [0.1, 0.15) is 11.5 Å². The van der Waals surface area contributed by atoms with Gasteiger partial charge >= 0.3 is 0 Å². The number of benzene rings is 2. The monoisotopic (exact) mass is 404 g/mol. The Hall–Kier alpha value is -2.99. The maximum atomic E-state index is 4.96. The number of likely N-dealkylation sites (N-methyl/N-ethyl adjacent to an activating group) is 1. The van der Waals surface area contributed by atoms with Crippen LogP contribution in [0.3, 0.4) is 0 Å². The average Bonchev–Trinajstić information content (AvgIpc) is 2.76. The van der Waals surface area contributed by atoms with Crippen molar-refractivity contribution >= 4 is 17.3 Å². The van der Waals surface area contributed by atoms with Crippen LogP contribution in [0.1, 0.15) is 18.1 Å². The Labute approximate surface area is 179 Å². The fourth-order valence-corrected chi connectivity index (χ4v) is 3.79. The van der Waals surface area contributed by atoms with E-state index in [2.05, 4.69) is 101 Å². The highest BCUT2D eigenvalue weighted by molar-refractivity contribution is 5.84. The molecule has 2 aromatic rings. The van der Waals surface area contributed by atoms with Crippen molar-refractivity contribution in [2.75, 3.05) is 43.4 Å². The van der Waals surface area contributed by atoms with Crippen molar-refractivity contribution in [3.63, 3.8) is 0 Å². The van der Waals surface area contributed by atoms with Gasteiger partial charge in [-0.3, -0.25) is 5.32 Å². The smallest absolute Gasteiger partial charge is 0.201 e. The SMILES string of the molecule is CNC1(C)C=C(Nc2ccc(C)cc2)NC(N2CCN(c3ccc(C)cc3)CC2)=N1. The summed E-state index contributed by atoms with van der Waals surface area (Å²) in [6.45, 7) is 10.1. The highest BCUT2D eigenvalue weighted by Crippen LogP contribution is 2.21. The summed E-state index contributed by atoms with van der Waals surface area (Å²) >= 11 is 0. The molecule has 1 atom stereocenters. The lowest BCUT2D eigenvalue weighted by Gasteiger charge is -2.40. The van der Waals surface area contributed by atoms with Gasteiger partial charge < -0.3 is 20.4 Å². The number of hydrogen-bond donors (Lipinski definition) is 3. The van der Waals surface area contributed by atoms with Crippen LogP contribution in [0.2, 0.25) is 0 Å². The molecule has 2 aliphatic heterocycles. The Morgan fingerprint density at radius 2 is 1.43 bits per heavy atom. The average molecular weight is 405 g/mol. The van der Waals surface area contributed by atoms with Gasteiger partial charge in [-0.2, -0.15) is 0 Å². The number of hydrogen-bond acceptors (Lipinski definition) is 6. The van der Waals surface area contributed by atoms with Crippen LogP contribution in [0.5, 0.6) is 0 Å². The molecule has 4 rings (SSSR count). The van der Waals surface area contributed by atoms with E-state index in [1.807, 2.05) is 7.05 Å². The Morgan fingerprint density at radius 1 is 0.867 bits per heavy atom. The van der Waals surface area contributed by atoms with E-state index in [1.165, 1.54) is 16.8 Å². The molecule has 2 aromatic carbocycles. The number of guanidine groups is 1. The van der Waals surface area contributed by atoms with Gasteiger partial charge in [-0.05, 0) is 58.2 Å². The van der Waals surface area contributed by atoms with Gasteiger partial charge in [0.05, 0.1) is 0 Å². The predicted octanol–water partition coefficient (Wildman–Crippen LogP) is 3.27.